The van der Waals surface area contributed by atoms with E-state index in [4.69, 9.17) is 0 Å². The van der Waals surface area contributed by atoms with Crippen LogP contribution in [0.2, 0.25) is 0 Å². The molecule has 8 nitrogen and oxygen atoms in total. The Labute approximate surface area is 169 Å². The van der Waals surface area contributed by atoms with Crippen molar-refractivity contribution < 1.29 is 9.85 Å². The summed E-state index contributed by atoms with van der Waals surface area (Å²) in [5, 5.41) is 21.5. The van der Waals surface area contributed by atoms with E-state index in [0.717, 1.165) is 50.1 Å². The second-order valence-corrected chi connectivity index (χ2v) is 7.88. The number of rotatable bonds is 8. The lowest BCUT2D eigenvalue weighted by molar-refractivity contribution is -0.385. The number of piperazine rings is 1. The molecule has 2 aliphatic heterocycles. The molecule has 2 fully saturated rings. The summed E-state index contributed by atoms with van der Waals surface area (Å²) in [5.74, 6) is 0. The molecule has 0 N–H and O–H groups in total. The van der Waals surface area contributed by atoms with Gasteiger partial charge in [0.25, 0.3) is 11.4 Å². The Morgan fingerprint density at radius 3 is 1.41 bits per heavy atom. The summed E-state index contributed by atoms with van der Waals surface area (Å²) in [4.78, 5) is 25.8. The smallest absolute Gasteiger partial charge is 0.269 e. The summed E-state index contributed by atoms with van der Waals surface area (Å²) in [7, 11) is 0. The number of nitrogens with zero attached hydrogens (tertiary/aromatic N) is 4. The highest BCUT2D eigenvalue weighted by molar-refractivity contribution is 5.33. The Hall–Kier alpha value is -2.84. The van der Waals surface area contributed by atoms with Crippen molar-refractivity contribution in [2.24, 2.45) is 0 Å². The van der Waals surface area contributed by atoms with Crippen LogP contribution in [0.3, 0.4) is 0 Å². The third kappa shape index (κ3) is 4.44. The molecular weight excluding hydrogens is 372 g/mol. The largest absolute Gasteiger partial charge is 0.297 e. The van der Waals surface area contributed by atoms with E-state index in [0.29, 0.717) is 12.1 Å². The van der Waals surface area contributed by atoms with Gasteiger partial charge < -0.3 is 0 Å². The molecule has 2 atom stereocenters. The van der Waals surface area contributed by atoms with Crippen molar-refractivity contribution >= 4 is 11.4 Å². The monoisotopic (exact) mass is 396 g/mol. The lowest BCUT2D eigenvalue weighted by Gasteiger charge is -2.34. The number of nitro benzene ring substituents is 2. The highest BCUT2D eigenvalue weighted by atomic mass is 16.6. The van der Waals surface area contributed by atoms with Crippen LogP contribution in [0, 0.1) is 20.2 Å². The van der Waals surface area contributed by atoms with Gasteiger partial charge in [0.1, 0.15) is 0 Å². The maximum Gasteiger partial charge on any atom is 0.269 e. The van der Waals surface area contributed by atoms with Crippen LogP contribution >= 0.6 is 0 Å². The molecule has 1 unspecified atom stereocenters. The van der Waals surface area contributed by atoms with Crippen LogP contribution in [0.1, 0.15) is 17.5 Å². The van der Waals surface area contributed by atoms with Gasteiger partial charge >= 0.3 is 0 Å². The Bertz CT molecular complexity index is 811. The normalized spacial score (nSPS) is 21.5. The molecule has 2 heterocycles. The molecule has 2 saturated heterocycles. The molecule has 8 heteroatoms. The van der Waals surface area contributed by atoms with Gasteiger partial charge in [0.2, 0.25) is 0 Å². The molecule has 0 radical (unpaired) electrons. The van der Waals surface area contributed by atoms with Crippen LogP contribution in [-0.4, -0.2) is 57.9 Å². The van der Waals surface area contributed by atoms with Gasteiger partial charge in [-0.3, -0.25) is 30.0 Å². The first-order valence-electron chi connectivity index (χ1n) is 9.94. The van der Waals surface area contributed by atoms with E-state index >= 15 is 0 Å². The molecular formula is C21H24N4O4. The first-order valence-corrected chi connectivity index (χ1v) is 9.94. The van der Waals surface area contributed by atoms with E-state index in [1.807, 2.05) is 24.3 Å². The van der Waals surface area contributed by atoms with Crippen LogP contribution in [0.25, 0.3) is 0 Å². The van der Waals surface area contributed by atoms with Gasteiger partial charge in [-0.1, -0.05) is 24.3 Å². The van der Waals surface area contributed by atoms with Crippen molar-refractivity contribution in [3.8, 4) is 0 Å². The molecule has 0 aromatic heterocycles. The zero-order valence-electron chi connectivity index (χ0n) is 16.1. The zero-order valence-corrected chi connectivity index (χ0v) is 16.1. The Balaban J connectivity index is 1.23. The minimum Gasteiger partial charge on any atom is -0.297 e. The summed E-state index contributed by atoms with van der Waals surface area (Å²) < 4.78 is 0. The van der Waals surface area contributed by atoms with Crippen molar-refractivity contribution in [3.05, 3.63) is 79.9 Å². The Morgan fingerprint density at radius 2 is 1.10 bits per heavy atom. The van der Waals surface area contributed by atoms with Gasteiger partial charge in [0, 0.05) is 62.5 Å². The molecule has 0 aliphatic carbocycles. The molecule has 152 valence electrons. The number of hydrogen-bond donors (Lipinski definition) is 0. The molecule has 0 spiro atoms. The van der Waals surface area contributed by atoms with Crippen molar-refractivity contribution in [1.82, 2.24) is 9.80 Å². The van der Waals surface area contributed by atoms with E-state index in [1.165, 1.54) is 6.42 Å². The van der Waals surface area contributed by atoms with Crippen molar-refractivity contribution in [1.29, 1.82) is 0 Å². The van der Waals surface area contributed by atoms with Gasteiger partial charge in [-0.15, -0.1) is 0 Å². The number of benzene rings is 2. The van der Waals surface area contributed by atoms with Crippen molar-refractivity contribution in [2.45, 2.75) is 31.3 Å². The first-order chi connectivity index (χ1) is 14.0. The minimum atomic E-state index is -0.367. The third-order valence-corrected chi connectivity index (χ3v) is 6.14. The topological polar surface area (TPSA) is 92.8 Å². The minimum absolute atomic E-state index is 0.137. The molecule has 4 rings (SSSR count). The second-order valence-electron chi connectivity index (χ2n) is 7.88. The summed E-state index contributed by atoms with van der Waals surface area (Å²) >= 11 is 0. The molecule has 29 heavy (non-hydrogen) atoms. The molecule has 2 aliphatic rings. The van der Waals surface area contributed by atoms with Gasteiger partial charge in [0.05, 0.1) is 9.85 Å². The fourth-order valence-electron chi connectivity index (χ4n) is 4.49. The lowest BCUT2D eigenvalue weighted by Crippen LogP contribution is -2.47. The number of hydrogen-bond acceptors (Lipinski definition) is 6. The van der Waals surface area contributed by atoms with E-state index in [-0.39, 0.29) is 21.2 Å². The third-order valence-electron chi connectivity index (χ3n) is 6.14. The van der Waals surface area contributed by atoms with Crippen LogP contribution in [0.15, 0.2) is 48.5 Å². The van der Waals surface area contributed by atoms with Crippen molar-refractivity contribution in [3.63, 3.8) is 0 Å². The fourth-order valence-corrected chi connectivity index (χ4v) is 4.49. The number of nitro groups is 2. The van der Waals surface area contributed by atoms with Crippen LogP contribution < -0.4 is 0 Å². The molecule has 2 bridgehead atoms. The van der Waals surface area contributed by atoms with E-state index < -0.39 is 0 Å². The van der Waals surface area contributed by atoms with Gasteiger partial charge in [-0.2, -0.15) is 0 Å². The van der Waals surface area contributed by atoms with E-state index in [1.54, 1.807) is 24.3 Å². The summed E-state index contributed by atoms with van der Waals surface area (Å²) in [6, 6.07) is 14.9. The highest BCUT2D eigenvalue weighted by Gasteiger charge is 2.42. The standard InChI is InChI=1S/C21H24N4O4/c26-24(27)18-5-1-16(2-6-18)9-11-22-14-21-13-20(22)15-23(21)12-10-17-3-7-19(8-4-17)25(28)29/h1-8,20-21H,9-15H2/t20-,21?/m0/s1. The molecule has 2 aromatic rings. The maximum atomic E-state index is 10.7. The molecule has 2 aromatic carbocycles. The number of fused-ring (bicyclic) bond motifs is 2. The first kappa shape index (κ1) is 19.5. The van der Waals surface area contributed by atoms with Crippen LogP contribution in [0.4, 0.5) is 11.4 Å². The fraction of sp³-hybridized carbons (Fsp3) is 0.429. The van der Waals surface area contributed by atoms with E-state index in [2.05, 4.69) is 9.80 Å². The Morgan fingerprint density at radius 1 is 0.724 bits per heavy atom. The highest BCUT2D eigenvalue weighted by Crippen LogP contribution is 2.31. The van der Waals surface area contributed by atoms with Gasteiger partial charge in [0.15, 0.2) is 0 Å². The van der Waals surface area contributed by atoms with Crippen LogP contribution in [0.5, 0.6) is 0 Å². The van der Waals surface area contributed by atoms with Crippen molar-refractivity contribution in [2.75, 3.05) is 26.2 Å². The quantitative estimate of drug-likeness (QED) is 0.503. The maximum absolute atomic E-state index is 10.7. The summed E-state index contributed by atoms with van der Waals surface area (Å²) in [6.45, 7) is 4.10. The summed E-state index contributed by atoms with van der Waals surface area (Å²) in [6.07, 6.45) is 3.01. The predicted octanol–water partition coefficient (Wildman–Crippen LogP) is 3.05. The SMILES string of the molecule is O=[N+]([O-])c1ccc(CCN2C[C@@H]3CC2CN3CCc2ccc([N+](=O)[O-])cc2)cc1. The number of non-ortho nitro benzene ring substituents is 2. The molecule has 0 saturated carbocycles. The average Bonchev–Trinajstić information content (AvgIpc) is 3.31. The Kier molecular flexibility index (Phi) is 5.55. The zero-order chi connectivity index (χ0) is 20.4. The second kappa shape index (κ2) is 8.26. The number of likely N-dealkylation sites (tertiary alicyclic amines) is 2. The van der Waals surface area contributed by atoms with Crippen LogP contribution in [-0.2, 0) is 12.8 Å². The lowest BCUT2D eigenvalue weighted by atomic mass is 10.1. The summed E-state index contributed by atoms with van der Waals surface area (Å²) in [5.41, 5.74) is 2.54. The average molecular weight is 396 g/mol. The predicted molar refractivity (Wildman–Crippen MR) is 109 cm³/mol. The van der Waals surface area contributed by atoms with E-state index in [9.17, 15) is 20.2 Å². The van der Waals surface area contributed by atoms with Gasteiger partial charge in [-0.25, -0.2) is 0 Å². The molecule has 0 amide bonds. The van der Waals surface area contributed by atoms with Gasteiger partial charge in [-0.05, 0) is 30.4 Å².